The van der Waals surface area contributed by atoms with Crippen LogP contribution in [0, 0.1) is 12.8 Å². The van der Waals surface area contributed by atoms with Crippen molar-refractivity contribution in [2.24, 2.45) is 5.92 Å². The Morgan fingerprint density at radius 1 is 1.29 bits per heavy atom. The number of nitrogens with one attached hydrogen (secondary N) is 1. The molecule has 0 radical (unpaired) electrons. The van der Waals surface area contributed by atoms with Gasteiger partial charge in [0, 0.05) is 6.54 Å². The molecule has 4 heteroatoms. The van der Waals surface area contributed by atoms with Crippen LogP contribution in [-0.2, 0) is 0 Å². The van der Waals surface area contributed by atoms with Crippen molar-refractivity contribution in [1.29, 1.82) is 0 Å². The number of aliphatic hydroxyl groups is 1. The smallest absolute Gasteiger partial charge is 0.119 e. The maximum Gasteiger partial charge on any atom is 0.119 e. The van der Waals surface area contributed by atoms with E-state index >= 15 is 0 Å². The van der Waals surface area contributed by atoms with Crippen molar-refractivity contribution in [3.8, 4) is 5.75 Å². The lowest BCUT2D eigenvalue weighted by atomic mass is 9.97. The van der Waals surface area contributed by atoms with Gasteiger partial charge in [-0.2, -0.15) is 0 Å². The van der Waals surface area contributed by atoms with Gasteiger partial charge in [-0.25, -0.2) is 0 Å². The Balaban J connectivity index is 1.57. The third-order valence-corrected chi connectivity index (χ3v) is 4.11. The van der Waals surface area contributed by atoms with Gasteiger partial charge in [0.05, 0.1) is 0 Å². The molecule has 1 saturated heterocycles. The van der Waals surface area contributed by atoms with Crippen molar-refractivity contribution >= 4 is 0 Å². The summed E-state index contributed by atoms with van der Waals surface area (Å²) in [6.07, 6.45) is 2.04. The second kappa shape index (κ2) is 8.37. The summed E-state index contributed by atoms with van der Waals surface area (Å²) in [5, 5.41) is 13.3. The number of rotatable bonds is 7. The first-order chi connectivity index (χ1) is 10.1. The van der Waals surface area contributed by atoms with Gasteiger partial charge in [0.1, 0.15) is 18.5 Å². The van der Waals surface area contributed by atoms with Crippen molar-refractivity contribution < 1.29 is 9.84 Å². The first kappa shape index (κ1) is 16.3. The minimum Gasteiger partial charge on any atom is -0.491 e. The van der Waals surface area contributed by atoms with Crippen LogP contribution in [0.3, 0.4) is 0 Å². The number of hydrogen-bond acceptors (Lipinski definition) is 4. The fourth-order valence-corrected chi connectivity index (χ4v) is 2.61. The Kier molecular flexibility index (Phi) is 6.49. The Morgan fingerprint density at radius 2 is 1.95 bits per heavy atom. The molecular weight excluding hydrogens is 264 g/mol. The van der Waals surface area contributed by atoms with E-state index in [0.29, 0.717) is 13.2 Å². The van der Waals surface area contributed by atoms with E-state index < -0.39 is 6.10 Å². The quantitative estimate of drug-likeness (QED) is 0.802. The van der Waals surface area contributed by atoms with Crippen LogP contribution in [0.2, 0.25) is 0 Å². The van der Waals surface area contributed by atoms with Gasteiger partial charge in [-0.1, -0.05) is 17.7 Å². The Bertz CT molecular complexity index is 400. The van der Waals surface area contributed by atoms with Gasteiger partial charge in [-0.3, -0.25) is 0 Å². The van der Waals surface area contributed by atoms with Gasteiger partial charge in [0.2, 0.25) is 0 Å². The summed E-state index contributed by atoms with van der Waals surface area (Å²) in [4.78, 5) is 2.38. The number of benzene rings is 1. The lowest BCUT2D eigenvalue weighted by Gasteiger charge is -2.29. The number of ether oxygens (including phenoxy) is 1. The van der Waals surface area contributed by atoms with E-state index in [1.165, 1.54) is 31.5 Å². The zero-order valence-corrected chi connectivity index (χ0v) is 13.2. The molecule has 21 heavy (non-hydrogen) atoms. The van der Waals surface area contributed by atoms with Gasteiger partial charge in [-0.15, -0.1) is 0 Å². The average molecular weight is 292 g/mol. The van der Waals surface area contributed by atoms with E-state index in [4.69, 9.17) is 4.74 Å². The van der Waals surface area contributed by atoms with Crippen LogP contribution in [-0.4, -0.2) is 55.9 Å². The number of aliphatic hydroxyl groups excluding tert-OH is 1. The van der Waals surface area contributed by atoms with Crippen molar-refractivity contribution in [3.05, 3.63) is 29.8 Å². The fourth-order valence-electron chi connectivity index (χ4n) is 2.61. The van der Waals surface area contributed by atoms with Crippen LogP contribution in [0.5, 0.6) is 5.75 Å². The van der Waals surface area contributed by atoms with Crippen LogP contribution in [0.15, 0.2) is 24.3 Å². The van der Waals surface area contributed by atoms with Gasteiger partial charge < -0.3 is 20.1 Å². The standard InChI is InChI=1S/C17H28N2O2/c1-14-3-5-17(6-4-14)21-13-16(20)12-18-11-15-7-9-19(2)10-8-15/h3-6,15-16,18,20H,7-13H2,1-2H3. The maximum atomic E-state index is 9.94. The molecule has 0 amide bonds. The molecule has 1 atom stereocenters. The van der Waals surface area contributed by atoms with Crippen molar-refractivity contribution in [2.75, 3.05) is 39.8 Å². The van der Waals surface area contributed by atoms with E-state index in [1.54, 1.807) is 0 Å². The van der Waals surface area contributed by atoms with E-state index in [0.717, 1.165) is 18.2 Å². The summed E-state index contributed by atoms with van der Waals surface area (Å²) < 4.78 is 5.58. The predicted octanol–water partition coefficient (Wildman–Crippen LogP) is 1.67. The number of aryl methyl sites for hydroxylation is 1. The first-order valence-electron chi connectivity index (χ1n) is 7.90. The molecule has 1 aromatic carbocycles. The molecule has 1 unspecified atom stereocenters. The third-order valence-electron chi connectivity index (χ3n) is 4.11. The van der Waals surface area contributed by atoms with E-state index in [9.17, 15) is 5.11 Å². The number of hydrogen-bond donors (Lipinski definition) is 2. The fraction of sp³-hybridized carbons (Fsp3) is 0.647. The summed E-state index contributed by atoms with van der Waals surface area (Å²) in [6.45, 7) is 6.35. The molecule has 2 N–H and O–H groups in total. The number of piperidine rings is 1. The second-order valence-electron chi connectivity index (χ2n) is 6.18. The normalized spacial score (nSPS) is 18.6. The highest BCUT2D eigenvalue weighted by atomic mass is 16.5. The van der Waals surface area contributed by atoms with Crippen LogP contribution < -0.4 is 10.1 Å². The minimum absolute atomic E-state index is 0.337. The molecule has 0 aromatic heterocycles. The summed E-state index contributed by atoms with van der Waals surface area (Å²) in [7, 11) is 2.18. The van der Waals surface area contributed by atoms with Crippen LogP contribution >= 0.6 is 0 Å². The molecule has 4 nitrogen and oxygen atoms in total. The average Bonchev–Trinajstić information content (AvgIpc) is 2.49. The second-order valence-corrected chi connectivity index (χ2v) is 6.18. The van der Waals surface area contributed by atoms with Gasteiger partial charge in [0.15, 0.2) is 0 Å². The molecule has 0 aliphatic carbocycles. The van der Waals surface area contributed by atoms with Crippen LogP contribution in [0.25, 0.3) is 0 Å². The Morgan fingerprint density at radius 3 is 2.62 bits per heavy atom. The van der Waals surface area contributed by atoms with E-state index in [1.807, 2.05) is 31.2 Å². The molecule has 0 spiro atoms. The minimum atomic E-state index is -0.461. The lowest BCUT2D eigenvalue weighted by molar-refractivity contribution is 0.104. The van der Waals surface area contributed by atoms with Gasteiger partial charge in [-0.05, 0) is 64.5 Å². The summed E-state index contributed by atoms with van der Waals surface area (Å²) in [6, 6.07) is 7.90. The molecule has 1 heterocycles. The lowest BCUT2D eigenvalue weighted by Crippen LogP contribution is -2.38. The third kappa shape index (κ3) is 6.04. The molecule has 118 valence electrons. The number of nitrogens with zero attached hydrogens (tertiary/aromatic N) is 1. The van der Waals surface area contributed by atoms with Crippen molar-refractivity contribution in [2.45, 2.75) is 25.9 Å². The van der Waals surface area contributed by atoms with Gasteiger partial charge >= 0.3 is 0 Å². The van der Waals surface area contributed by atoms with Crippen LogP contribution in [0.4, 0.5) is 0 Å². The highest BCUT2D eigenvalue weighted by Gasteiger charge is 2.16. The molecule has 1 aromatic rings. The maximum absolute atomic E-state index is 9.94. The number of likely N-dealkylation sites (tertiary alicyclic amines) is 1. The largest absolute Gasteiger partial charge is 0.491 e. The highest BCUT2D eigenvalue weighted by Crippen LogP contribution is 2.14. The topological polar surface area (TPSA) is 44.7 Å². The predicted molar refractivity (Wildman–Crippen MR) is 85.8 cm³/mol. The van der Waals surface area contributed by atoms with Gasteiger partial charge in [0.25, 0.3) is 0 Å². The molecule has 2 rings (SSSR count). The molecule has 1 aliphatic heterocycles. The van der Waals surface area contributed by atoms with Crippen molar-refractivity contribution in [3.63, 3.8) is 0 Å². The highest BCUT2D eigenvalue weighted by molar-refractivity contribution is 5.26. The molecule has 0 saturated carbocycles. The molecule has 0 bridgehead atoms. The van der Waals surface area contributed by atoms with E-state index in [2.05, 4.69) is 17.3 Å². The summed E-state index contributed by atoms with van der Waals surface area (Å²) >= 11 is 0. The van der Waals surface area contributed by atoms with Crippen molar-refractivity contribution in [1.82, 2.24) is 10.2 Å². The van der Waals surface area contributed by atoms with Crippen LogP contribution in [0.1, 0.15) is 18.4 Å². The first-order valence-corrected chi connectivity index (χ1v) is 7.90. The monoisotopic (exact) mass is 292 g/mol. The SMILES string of the molecule is Cc1ccc(OCC(O)CNCC2CCN(C)CC2)cc1. The molecule has 1 fully saturated rings. The Labute approximate surface area is 128 Å². The summed E-state index contributed by atoms with van der Waals surface area (Å²) in [5.74, 6) is 1.56. The summed E-state index contributed by atoms with van der Waals surface area (Å²) in [5.41, 5.74) is 1.21. The van der Waals surface area contributed by atoms with E-state index in [-0.39, 0.29) is 0 Å². The zero-order valence-electron chi connectivity index (χ0n) is 13.2. The molecule has 1 aliphatic rings. The Hall–Kier alpha value is -1.10. The zero-order chi connectivity index (χ0) is 15.1. The molecular formula is C17H28N2O2.